The molecule has 1 atom stereocenters. The fraction of sp³-hybridized carbons (Fsp3) is 0.522. The SMILES string of the molecule is O=C(c1cnc(NCc2cc(OC(F)(F)F)cc(C3CC3)c2)nc1)N1CC[C@@]12CCCOC2. The van der Waals surface area contributed by atoms with E-state index in [1.165, 1.54) is 24.5 Å². The number of aromatic nitrogens is 2. The van der Waals surface area contributed by atoms with E-state index in [1.807, 2.05) is 11.0 Å². The van der Waals surface area contributed by atoms with E-state index < -0.39 is 6.36 Å². The maximum Gasteiger partial charge on any atom is 0.573 e. The number of nitrogens with zero attached hydrogens (tertiary/aromatic N) is 3. The average molecular weight is 462 g/mol. The molecule has 0 radical (unpaired) electrons. The molecule has 10 heteroatoms. The highest BCUT2D eigenvalue weighted by Crippen LogP contribution is 2.42. The van der Waals surface area contributed by atoms with E-state index >= 15 is 0 Å². The van der Waals surface area contributed by atoms with Crippen molar-refractivity contribution in [2.75, 3.05) is 25.1 Å². The fourth-order valence-electron chi connectivity index (χ4n) is 4.60. The summed E-state index contributed by atoms with van der Waals surface area (Å²) in [6.45, 7) is 2.23. The van der Waals surface area contributed by atoms with Crippen LogP contribution in [0.4, 0.5) is 19.1 Å². The number of amides is 1. The normalized spacial score (nSPS) is 22.7. The Balaban J connectivity index is 1.23. The molecule has 1 spiro atoms. The molecule has 176 valence electrons. The molecule has 7 nitrogen and oxygen atoms in total. The Morgan fingerprint density at radius 2 is 2.00 bits per heavy atom. The van der Waals surface area contributed by atoms with Gasteiger partial charge < -0.3 is 19.7 Å². The molecular weight excluding hydrogens is 437 g/mol. The van der Waals surface area contributed by atoms with Crippen molar-refractivity contribution in [2.45, 2.75) is 56.5 Å². The summed E-state index contributed by atoms with van der Waals surface area (Å²) in [5.74, 6) is 0.243. The highest BCUT2D eigenvalue weighted by atomic mass is 19.4. The number of benzene rings is 1. The van der Waals surface area contributed by atoms with E-state index in [1.54, 1.807) is 0 Å². The molecule has 1 aliphatic carbocycles. The number of likely N-dealkylation sites (tertiary alicyclic amines) is 1. The Bertz CT molecular complexity index is 1020. The minimum atomic E-state index is -4.74. The third-order valence-electron chi connectivity index (χ3n) is 6.54. The van der Waals surface area contributed by atoms with Gasteiger partial charge in [0.15, 0.2) is 0 Å². The summed E-state index contributed by atoms with van der Waals surface area (Å²) in [6, 6.07) is 4.69. The van der Waals surface area contributed by atoms with Crippen LogP contribution in [0.1, 0.15) is 59.5 Å². The Morgan fingerprint density at radius 3 is 2.61 bits per heavy atom. The lowest BCUT2D eigenvalue weighted by molar-refractivity contribution is -0.274. The van der Waals surface area contributed by atoms with Crippen molar-refractivity contribution in [1.82, 2.24) is 14.9 Å². The van der Waals surface area contributed by atoms with Gasteiger partial charge in [0, 0.05) is 32.1 Å². The van der Waals surface area contributed by atoms with Gasteiger partial charge in [-0.3, -0.25) is 4.79 Å². The number of alkyl halides is 3. The highest BCUT2D eigenvalue weighted by molar-refractivity contribution is 5.94. The molecule has 33 heavy (non-hydrogen) atoms. The van der Waals surface area contributed by atoms with Crippen LogP contribution in [-0.4, -0.2) is 52.4 Å². The predicted molar refractivity (Wildman–Crippen MR) is 113 cm³/mol. The number of carbonyl (C=O) groups excluding carboxylic acids is 1. The van der Waals surface area contributed by atoms with Crippen LogP contribution in [0.5, 0.6) is 5.75 Å². The molecule has 1 aromatic carbocycles. The second-order valence-corrected chi connectivity index (χ2v) is 8.97. The second kappa shape index (κ2) is 8.48. The van der Waals surface area contributed by atoms with Crippen LogP contribution in [0.15, 0.2) is 30.6 Å². The molecule has 3 fully saturated rings. The van der Waals surface area contributed by atoms with E-state index in [2.05, 4.69) is 20.0 Å². The average Bonchev–Trinajstić information content (AvgIpc) is 3.62. The van der Waals surface area contributed by atoms with Crippen molar-refractivity contribution in [3.8, 4) is 5.75 Å². The number of halogens is 3. The summed E-state index contributed by atoms with van der Waals surface area (Å²) in [5, 5.41) is 3.01. The van der Waals surface area contributed by atoms with Crippen LogP contribution in [0.25, 0.3) is 0 Å². The standard InChI is InChI=1S/C23H25F3N4O3/c24-23(25,26)33-19-9-15(8-17(10-19)16-2-3-16)11-27-21-28-12-18(13-29-21)20(31)30-6-5-22(30)4-1-7-32-14-22/h8-10,12-13,16H,1-7,11,14H2,(H,27,28,29)/t22-/m1/s1. The van der Waals surface area contributed by atoms with Gasteiger partial charge in [-0.2, -0.15) is 0 Å². The smallest absolute Gasteiger partial charge is 0.406 e. The number of hydrogen-bond acceptors (Lipinski definition) is 6. The summed E-state index contributed by atoms with van der Waals surface area (Å²) < 4.78 is 47.8. The van der Waals surface area contributed by atoms with Gasteiger partial charge in [-0.05, 0) is 61.3 Å². The maximum atomic E-state index is 12.9. The lowest BCUT2D eigenvalue weighted by Gasteiger charge is -2.54. The largest absolute Gasteiger partial charge is 0.573 e. The van der Waals surface area contributed by atoms with Crippen molar-refractivity contribution < 1.29 is 27.4 Å². The minimum absolute atomic E-state index is 0.107. The van der Waals surface area contributed by atoms with E-state index in [-0.39, 0.29) is 29.7 Å². The van der Waals surface area contributed by atoms with Crippen LogP contribution < -0.4 is 10.1 Å². The van der Waals surface area contributed by atoms with E-state index in [4.69, 9.17) is 4.74 Å². The zero-order valence-electron chi connectivity index (χ0n) is 18.0. The molecule has 1 amide bonds. The van der Waals surface area contributed by atoms with Crippen LogP contribution in [0, 0.1) is 0 Å². The molecule has 1 saturated carbocycles. The Hall–Kier alpha value is -2.88. The van der Waals surface area contributed by atoms with Crippen LogP contribution >= 0.6 is 0 Å². The summed E-state index contributed by atoms with van der Waals surface area (Å²) in [5.41, 5.74) is 1.68. The van der Waals surface area contributed by atoms with Gasteiger partial charge in [-0.1, -0.05) is 6.07 Å². The van der Waals surface area contributed by atoms with Gasteiger partial charge in [0.25, 0.3) is 5.91 Å². The fourth-order valence-corrected chi connectivity index (χ4v) is 4.60. The number of nitrogens with one attached hydrogen (secondary N) is 1. The second-order valence-electron chi connectivity index (χ2n) is 8.97. The van der Waals surface area contributed by atoms with Crippen molar-refractivity contribution in [3.63, 3.8) is 0 Å². The highest BCUT2D eigenvalue weighted by Gasteiger charge is 2.48. The molecule has 0 unspecified atom stereocenters. The number of rotatable bonds is 6. The van der Waals surface area contributed by atoms with Crippen LogP contribution in [0.2, 0.25) is 0 Å². The minimum Gasteiger partial charge on any atom is -0.406 e. The molecule has 3 heterocycles. The molecule has 1 aromatic heterocycles. The predicted octanol–water partition coefficient (Wildman–Crippen LogP) is 4.26. The van der Waals surface area contributed by atoms with Crippen molar-refractivity contribution >= 4 is 11.9 Å². The van der Waals surface area contributed by atoms with Gasteiger partial charge in [0.1, 0.15) is 5.75 Å². The molecule has 2 aliphatic heterocycles. The molecule has 2 aromatic rings. The zero-order valence-corrected chi connectivity index (χ0v) is 18.0. The third-order valence-corrected chi connectivity index (χ3v) is 6.54. The van der Waals surface area contributed by atoms with Crippen molar-refractivity contribution in [3.05, 3.63) is 47.3 Å². The van der Waals surface area contributed by atoms with Gasteiger partial charge in [0.2, 0.25) is 5.95 Å². The third kappa shape index (κ3) is 4.90. The van der Waals surface area contributed by atoms with Crippen LogP contribution in [-0.2, 0) is 11.3 Å². The van der Waals surface area contributed by atoms with E-state index in [0.29, 0.717) is 30.2 Å². The lowest BCUT2D eigenvalue weighted by Crippen LogP contribution is -2.65. The molecule has 2 saturated heterocycles. The Labute approximate surface area is 189 Å². The Morgan fingerprint density at radius 1 is 1.21 bits per heavy atom. The summed E-state index contributed by atoms with van der Waals surface area (Å²) in [6.07, 6.45) is 2.98. The lowest BCUT2D eigenvalue weighted by atomic mass is 9.79. The van der Waals surface area contributed by atoms with Crippen molar-refractivity contribution in [1.29, 1.82) is 0 Å². The van der Waals surface area contributed by atoms with E-state index in [0.717, 1.165) is 44.3 Å². The first-order valence-electron chi connectivity index (χ1n) is 11.2. The number of ether oxygens (including phenoxy) is 2. The molecule has 0 bridgehead atoms. The first-order chi connectivity index (χ1) is 15.8. The quantitative estimate of drug-likeness (QED) is 0.692. The van der Waals surface area contributed by atoms with Crippen molar-refractivity contribution in [2.24, 2.45) is 0 Å². The molecule has 1 N–H and O–H groups in total. The summed E-state index contributed by atoms with van der Waals surface area (Å²) >= 11 is 0. The Kier molecular flexibility index (Phi) is 5.64. The first kappa shape index (κ1) is 21.9. The number of hydrogen-bond donors (Lipinski definition) is 1. The molecule has 3 aliphatic rings. The van der Waals surface area contributed by atoms with Gasteiger partial charge in [0.05, 0.1) is 17.7 Å². The molecular formula is C23H25F3N4O3. The van der Waals surface area contributed by atoms with Gasteiger partial charge in [-0.25, -0.2) is 9.97 Å². The number of anilines is 1. The topological polar surface area (TPSA) is 76.6 Å². The summed E-state index contributed by atoms with van der Waals surface area (Å²) in [7, 11) is 0. The molecule has 5 rings (SSSR count). The first-order valence-corrected chi connectivity index (χ1v) is 11.2. The zero-order chi connectivity index (χ0) is 23.1. The monoisotopic (exact) mass is 462 g/mol. The summed E-state index contributed by atoms with van der Waals surface area (Å²) in [4.78, 5) is 23.2. The maximum absolute atomic E-state index is 12.9. The van der Waals surface area contributed by atoms with Gasteiger partial charge in [-0.15, -0.1) is 13.2 Å². The number of carbonyl (C=O) groups is 1. The van der Waals surface area contributed by atoms with E-state index in [9.17, 15) is 18.0 Å². The van der Waals surface area contributed by atoms with Crippen LogP contribution in [0.3, 0.4) is 0 Å². The van der Waals surface area contributed by atoms with Gasteiger partial charge >= 0.3 is 6.36 Å².